The molecular weight excluding hydrogens is 436 g/mol. The van der Waals surface area contributed by atoms with Crippen molar-refractivity contribution in [2.45, 2.75) is 32.6 Å². The summed E-state index contributed by atoms with van der Waals surface area (Å²) in [6, 6.07) is 25.1. The van der Waals surface area contributed by atoms with Crippen LogP contribution in [-0.4, -0.2) is 11.9 Å². The van der Waals surface area contributed by atoms with Gasteiger partial charge in [-0.05, 0) is 61.2 Å². The summed E-state index contributed by atoms with van der Waals surface area (Å²) in [6.45, 7) is 12.6. The van der Waals surface area contributed by atoms with Gasteiger partial charge in [-0.3, -0.25) is 0 Å². The van der Waals surface area contributed by atoms with Crippen molar-refractivity contribution in [3.63, 3.8) is 0 Å². The highest BCUT2D eigenvalue weighted by Gasteiger charge is 2.28. The lowest BCUT2D eigenvalue weighted by molar-refractivity contribution is -0.130. The largest absolute Gasteiger partial charge is 0.423 e. The average Bonchev–Trinajstić information content (AvgIpc) is 2.85. The summed E-state index contributed by atoms with van der Waals surface area (Å²) in [5.41, 5.74) is 3.53. The molecule has 35 heavy (non-hydrogen) atoms. The van der Waals surface area contributed by atoms with E-state index in [0.29, 0.717) is 22.6 Å². The number of carbonyl (C=O) groups is 2. The van der Waals surface area contributed by atoms with Crippen molar-refractivity contribution >= 4 is 18.0 Å². The summed E-state index contributed by atoms with van der Waals surface area (Å²) < 4.78 is 10.7. The zero-order chi connectivity index (χ0) is 25.4. The summed E-state index contributed by atoms with van der Waals surface area (Å²) in [5, 5.41) is 0. The Hall–Kier alpha value is -4.18. The summed E-state index contributed by atoms with van der Waals surface area (Å²) in [7, 11) is 0. The van der Waals surface area contributed by atoms with Crippen LogP contribution in [0.5, 0.6) is 11.5 Å². The second kappa shape index (κ2) is 11.3. The fraction of sp³-hybridized carbons (Fsp3) is 0.161. The van der Waals surface area contributed by atoms with Gasteiger partial charge in [0.2, 0.25) is 0 Å². The van der Waals surface area contributed by atoms with Gasteiger partial charge in [-0.15, -0.1) is 0 Å². The molecule has 3 aromatic carbocycles. The molecule has 0 heterocycles. The highest BCUT2D eigenvalue weighted by atomic mass is 16.5. The predicted molar refractivity (Wildman–Crippen MR) is 140 cm³/mol. The standard InChI is InChI=1S/C31H30O4/c1-22(2)29(32)34-27-17-13-25(14-18-27)31(5,21-9-12-24-10-7-6-8-11-24)26-15-19-28(20-16-26)35-30(33)23(3)4/h6-20H,1,3,21H2,2,4-5H3. The van der Waals surface area contributed by atoms with Crippen molar-refractivity contribution < 1.29 is 19.1 Å². The van der Waals surface area contributed by atoms with Crippen LogP contribution in [0.15, 0.2) is 109 Å². The fourth-order valence-corrected chi connectivity index (χ4v) is 3.57. The molecule has 4 heteroatoms. The number of rotatable bonds is 9. The fourth-order valence-electron chi connectivity index (χ4n) is 3.57. The maximum atomic E-state index is 11.9. The molecule has 0 spiro atoms. The Morgan fingerprint density at radius 1 is 0.743 bits per heavy atom. The van der Waals surface area contributed by atoms with Gasteiger partial charge in [-0.2, -0.15) is 0 Å². The van der Waals surface area contributed by atoms with Crippen LogP contribution in [0.1, 0.15) is 43.9 Å². The molecule has 0 N–H and O–H groups in total. The molecule has 0 saturated heterocycles. The third-order valence-corrected chi connectivity index (χ3v) is 5.74. The van der Waals surface area contributed by atoms with Gasteiger partial charge in [0, 0.05) is 16.6 Å². The lowest BCUT2D eigenvalue weighted by Gasteiger charge is -2.30. The van der Waals surface area contributed by atoms with Crippen molar-refractivity contribution in [3.05, 3.63) is 126 Å². The van der Waals surface area contributed by atoms with E-state index in [9.17, 15) is 9.59 Å². The van der Waals surface area contributed by atoms with Crippen LogP contribution in [0.3, 0.4) is 0 Å². The number of esters is 2. The first-order valence-corrected chi connectivity index (χ1v) is 11.4. The summed E-state index contributed by atoms with van der Waals surface area (Å²) >= 11 is 0. The van der Waals surface area contributed by atoms with E-state index in [4.69, 9.17) is 9.47 Å². The lowest BCUT2D eigenvalue weighted by atomic mass is 9.73. The number of carbonyl (C=O) groups excluding carboxylic acids is 2. The number of ether oxygens (including phenoxy) is 2. The lowest BCUT2D eigenvalue weighted by Crippen LogP contribution is -2.23. The van der Waals surface area contributed by atoms with Crippen molar-refractivity contribution in [1.29, 1.82) is 0 Å². The van der Waals surface area contributed by atoms with Crippen LogP contribution in [-0.2, 0) is 15.0 Å². The second-order valence-electron chi connectivity index (χ2n) is 8.74. The van der Waals surface area contributed by atoms with Gasteiger partial charge in [-0.25, -0.2) is 9.59 Å². The first kappa shape index (κ1) is 25.4. The van der Waals surface area contributed by atoms with Gasteiger partial charge in [-0.1, -0.05) is 86.8 Å². The molecule has 0 amide bonds. The van der Waals surface area contributed by atoms with E-state index < -0.39 is 11.9 Å². The monoisotopic (exact) mass is 466 g/mol. The molecule has 0 fully saturated rings. The second-order valence-corrected chi connectivity index (χ2v) is 8.74. The van der Waals surface area contributed by atoms with Gasteiger partial charge in [0.15, 0.2) is 0 Å². The minimum absolute atomic E-state index is 0.345. The molecule has 4 nitrogen and oxygen atoms in total. The number of hydrogen-bond donors (Lipinski definition) is 0. The Morgan fingerprint density at radius 3 is 1.57 bits per heavy atom. The van der Waals surface area contributed by atoms with Gasteiger partial charge in [0.25, 0.3) is 0 Å². The average molecular weight is 467 g/mol. The highest BCUT2D eigenvalue weighted by molar-refractivity contribution is 5.89. The number of hydrogen-bond acceptors (Lipinski definition) is 4. The molecule has 3 aromatic rings. The topological polar surface area (TPSA) is 52.6 Å². The molecule has 3 rings (SSSR count). The molecule has 0 aliphatic carbocycles. The van der Waals surface area contributed by atoms with Gasteiger partial charge in [0.1, 0.15) is 11.5 Å². The highest BCUT2D eigenvalue weighted by Crippen LogP contribution is 2.37. The Balaban J connectivity index is 1.91. The molecule has 0 aromatic heterocycles. The van der Waals surface area contributed by atoms with E-state index >= 15 is 0 Å². The Labute approximate surface area is 207 Å². The van der Waals surface area contributed by atoms with Crippen molar-refractivity contribution in [1.82, 2.24) is 0 Å². The molecule has 178 valence electrons. The third-order valence-electron chi connectivity index (χ3n) is 5.74. The normalized spacial score (nSPS) is 11.2. The zero-order valence-corrected chi connectivity index (χ0v) is 20.4. The van der Waals surface area contributed by atoms with Crippen molar-refractivity contribution in [2.75, 3.05) is 0 Å². The van der Waals surface area contributed by atoms with Crippen LogP contribution >= 0.6 is 0 Å². The van der Waals surface area contributed by atoms with Crippen molar-refractivity contribution in [2.24, 2.45) is 0 Å². The minimum Gasteiger partial charge on any atom is -0.423 e. The molecular formula is C31H30O4. The van der Waals surface area contributed by atoms with E-state index in [1.807, 2.05) is 42.5 Å². The van der Waals surface area contributed by atoms with E-state index in [1.54, 1.807) is 38.1 Å². The van der Waals surface area contributed by atoms with Crippen LogP contribution in [0.4, 0.5) is 0 Å². The molecule has 0 atom stereocenters. The summed E-state index contributed by atoms with van der Waals surface area (Å²) in [5.74, 6) is 0.0226. The molecule has 0 bridgehead atoms. The molecule has 0 unspecified atom stereocenters. The van der Waals surface area contributed by atoms with Crippen molar-refractivity contribution in [3.8, 4) is 11.5 Å². The quantitative estimate of drug-likeness (QED) is 0.192. The first-order chi connectivity index (χ1) is 16.7. The Morgan fingerprint density at radius 2 is 1.17 bits per heavy atom. The van der Waals surface area contributed by atoms with Crippen LogP contribution in [0.25, 0.3) is 6.08 Å². The smallest absolute Gasteiger partial charge is 0.338 e. The summed E-state index contributed by atoms with van der Waals surface area (Å²) in [6.07, 6.45) is 4.97. The maximum Gasteiger partial charge on any atom is 0.338 e. The van der Waals surface area contributed by atoms with Gasteiger partial charge < -0.3 is 9.47 Å². The molecule has 0 aliphatic rings. The Kier molecular flexibility index (Phi) is 8.21. The maximum absolute atomic E-state index is 11.9. The van der Waals surface area contributed by atoms with Crippen LogP contribution in [0.2, 0.25) is 0 Å². The van der Waals surface area contributed by atoms with E-state index in [-0.39, 0.29) is 5.41 Å². The zero-order valence-electron chi connectivity index (χ0n) is 20.4. The third kappa shape index (κ3) is 6.67. The molecule has 0 aliphatic heterocycles. The summed E-state index contributed by atoms with van der Waals surface area (Å²) in [4.78, 5) is 23.7. The van der Waals surface area contributed by atoms with Gasteiger partial charge in [0.05, 0.1) is 0 Å². The number of allylic oxidation sites excluding steroid dienone is 1. The van der Waals surface area contributed by atoms with Gasteiger partial charge >= 0.3 is 11.9 Å². The molecule has 0 radical (unpaired) electrons. The van der Waals surface area contributed by atoms with Crippen LogP contribution < -0.4 is 9.47 Å². The van der Waals surface area contributed by atoms with Crippen LogP contribution in [0, 0.1) is 0 Å². The SMILES string of the molecule is C=C(C)C(=O)Oc1ccc(C(C)(CC=Cc2ccccc2)c2ccc(OC(=O)C(=C)C)cc2)cc1. The molecule has 0 saturated carbocycles. The minimum atomic E-state index is -0.453. The van der Waals surface area contributed by atoms with E-state index in [1.165, 1.54) is 0 Å². The number of benzene rings is 3. The first-order valence-electron chi connectivity index (χ1n) is 11.4. The Bertz CT molecular complexity index is 1160. The van der Waals surface area contributed by atoms with E-state index in [2.05, 4.69) is 44.4 Å². The van der Waals surface area contributed by atoms with E-state index in [0.717, 1.165) is 23.1 Å². The predicted octanol–water partition coefficient (Wildman–Crippen LogP) is 7.06.